The van der Waals surface area contributed by atoms with Gasteiger partial charge in [-0.2, -0.15) is 0 Å². The van der Waals surface area contributed by atoms with E-state index >= 15 is 0 Å². The van der Waals surface area contributed by atoms with Gasteiger partial charge in [-0.05, 0) is 42.2 Å². The molecule has 0 saturated carbocycles. The van der Waals surface area contributed by atoms with Crippen molar-refractivity contribution in [2.45, 2.75) is 39.8 Å². The number of amides is 2. The molecule has 0 aliphatic rings. The zero-order valence-electron chi connectivity index (χ0n) is 21.2. The van der Waals surface area contributed by atoms with Crippen molar-refractivity contribution in [2.24, 2.45) is 11.1 Å². The van der Waals surface area contributed by atoms with Gasteiger partial charge in [-0.25, -0.2) is 14.2 Å². The minimum Gasteiger partial charge on any atom is -0.493 e. The molecular weight excluding hydrogens is 505 g/mol. The van der Waals surface area contributed by atoms with Crippen LogP contribution in [0.15, 0.2) is 40.8 Å². The average molecular weight is 534 g/mol. The Morgan fingerprint density at radius 1 is 1.16 bits per heavy atom. The highest BCUT2D eigenvalue weighted by Gasteiger charge is 2.33. The van der Waals surface area contributed by atoms with Gasteiger partial charge in [0.2, 0.25) is 5.89 Å². The molecule has 0 aliphatic carbocycles. The summed E-state index contributed by atoms with van der Waals surface area (Å²) in [6.07, 6.45) is -1.78. The number of ether oxygens (including phenoxy) is 3. The van der Waals surface area contributed by atoms with E-state index in [0.717, 1.165) is 0 Å². The first-order valence-electron chi connectivity index (χ1n) is 11.3. The fraction of sp³-hybridized carbons (Fsp3) is 0.346. The van der Waals surface area contributed by atoms with Crippen LogP contribution in [0.4, 0.5) is 9.18 Å². The summed E-state index contributed by atoms with van der Waals surface area (Å²) in [5.74, 6) is -0.286. The van der Waals surface area contributed by atoms with Crippen LogP contribution >= 0.6 is 11.6 Å². The average Bonchev–Trinajstić information content (AvgIpc) is 3.27. The molecule has 0 saturated heterocycles. The van der Waals surface area contributed by atoms with Crippen molar-refractivity contribution >= 4 is 23.6 Å². The van der Waals surface area contributed by atoms with E-state index in [2.05, 4.69) is 10.3 Å². The third-order valence-corrected chi connectivity index (χ3v) is 5.69. The molecule has 11 heteroatoms. The van der Waals surface area contributed by atoms with Gasteiger partial charge < -0.3 is 29.7 Å². The molecule has 0 spiro atoms. The summed E-state index contributed by atoms with van der Waals surface area (Å²) in [5.41, 5.74) is 5.42. The van der Waals surface area contributed by atoms with Gasteiger partial charge in [0.15, 0.2) is 29.1 Å². The van der Waals surface area contributed by atoms with Gasteiger partial charge in [-0.15, -0.1) is 0 Å². The maximum absolute atomic E-state index is 14.2. The molecule has 1 atom stereocenters. The number of carbonyl (C=O) groups is 2. The number of benzene rings is 2. The van der Waals surface area contributed by atoms with Crippen LogP contribution in [0.1, 0.15) is 55.1 Å². The quantitative estimate of drug-likeness (QED) is 0.363. The molecule has 0 unspecified atom stereocenters. The van der Waals surface area contributed by atoms with Gasteiger partial charge in [0, 0.05) is 22.7 Å². The molecule has 2 amide bonds. The maximum Gasteiger partial charge on any atom is 0.405 e. The number of carbonyl (C=O) groups excluding carboxylic acids is 2. The van der Waals surface area contributed by atoms with Crippen LogP contribution in [-0.4, -0.2) is 31.2 Å². The second kappa shape index (κ2) is 11.5. The molecule has 1 heterocycles. The molecular formula is C26H29ClFN3O6. The minimum absolute atomic E-state index is 0.00404. The summed E-state index contributed by atoms with van der Waals surface area (Å²) in [6.45, 7) is 5.57. The summed E-state index contributed by atoms with van der Waals surface area (Å²) < 4.78 is 36.2. The van der Waals surface area contributed by atoms with Crippen LogP contribution in [0.5, 0.6) is 11.5 Å². The first-order chi connectivity index (χ1) is 17.4. The molecule has 198 valence electrons. The van der Waals surface area contributed by atoms with Crippen LogP contribution in [0.25, 0.3) is 11.5 Å². The normalized spacial score (nSPS) is 12.1. The van der Waals surface area contributed by atoms with Gasteiger partial charge in [-0.3, -0.25) is 4.79 Å². The molecule has 3 aromatic rings. The predicted molar refractivity (Wildman–Crippen MR) is 135 cm³/mol. The Hall–Kier alpha value is -3.79. The SMILES string of the molecule is COc1ccc(-c2nc(C(=O)NCc3c(F)cccc3Cl)c([C@H](CC(C)(C)C)OC(N)=O)o2)cc1OC. The number of oxazole rings is 1. The smallest absolute Gasteiger partial charge is 0.405 e. The van der Waals surface area contributed by atoms with E-state index in [1.807, 2.05) is 20.8 Å². The fourth-order valence-electron chi connectivity index (χ4n) is 3.64. The van der Waals surface area contributed by atoms with Crippen molar-refractivity contribution in [1.29, 1.82) is 0 Å². The molecule has 3 rings (SSSR count). The predicted octanol–water partition coefficient (Wildman–Crippen LogP) is 5.65. The van der Waals surface area contributed by atoms with Crippen molar-refractivity contribution in [1.82, 2.24) is 10.3 Å². The maximum atomic E-state index is 14.2. The van der Waals surface area contributed by atoms with Crippen molar-refractivity contribution in [2.75, 3.05) is 14.2 Å². The third kappa shape index (κ3) is 6.91. The van der Waals surface area contributed by atoms with E-state index < -0.39 is 23.9 Å². The lowest BCUT2D eigenvalue weighted by Crippen LogP contribution is -2.27. The number of methoxy groups -OCH3 is 2. The molecule has 0 fully saturated rings. The second-order valence-corrected chi connectivity index (χ2v) is 9.78. The Kier molecular flexibility index (Phi) is 8.65. The lowest BCUT2D eigenvalue weighted by atomic mass is 9.88. The third-order valence-electron chi connectivity index (χ3n) is 5.33. The van der Waals surface area contributed by atoms with Gasteiger partial charge in [0.1, 0.15) is 5.82 Å². The van der Waals surface area contributed by atoms with E-state index in [1.54, 1.807) is 18.2 Å². The summed E-state index contributed by atoms with van der Waals surface area (Å²) in [5, 5.41) is 2.77. The van der Waals surface area contributed by atoms with Crippen molar-refractivity contribution in [3.8, 4) is 23.0 Å². The molecule has 9 nitrogen and oxygen atoms in total. The van der Waals surface area contributed by atoms with Crippen LogP contribution in [0, 0.1) is 11.2 Å². The van der Waals surface area contributed by atoms with E-state index in [4.69, 9.17) is 36.0 Å². The standard InChI is InChI=1S/C26H29ClFN3O6/c1-26(2,3)12-20(36-25(29)33)22-21(23(32)30-13-15-16(27)7-6-8-17(15)28)31-24(37-22)14-9-10-18(34-4)19(11-14)35-5/h6-11,20H,12-13H2,1-5H3,(H2,29,33)(H,30,32)/t20-/m0/s1. The largest absolute Gasteiger partial charge is 0.493 e. The molecule has 1 aromatic heterocycles. The Labute approximate surface area is 219 Å². The zero-order valence-corrected chi connectivity index (χ0v) is 21.9. The number of halogens is 2. The Bertz CT molecular complexity index is 1270. The number of hydrogen-bond acceptors (Lipinski definition) is 7. The number of aromatic nitrogens is 1. The molecule has 0 bridgehead atoms. The number of nitrogens with zero attached hydrogens (tertiary/aromatic N) is 1. The van der Waals surface area contributed by atoms with Crippen LogP contribution in [-0.2, 0) is 11.3 Å². The first kappa shape index (κ1) is 27.8. The molecule has 0 aliphatic heterocycles. The zero-order chi connectivity index (χ0) is 27.3. The Morgan fingerprint density at radius 2 is 1.86 bits per heavy atom. The summed E-state index contributed by atoms with van der Waals surface area (Å²) in [6, 6.07) is 9.18. The highest BCUT2D eigenvalue weighted by Crippen LogP contribution is 2.38. The van der Waals surface area contributed by atoms with Crippen LogP contribution in [0.2, 0.25) is 5.02 Å². The number of nitrogens with two attached hydrogens (primary N) is 1. The van der Waals surface area contributed by atoms with Gasteiger partial charge in [-0.1, -0.05) is 38.4 Å². The molecule has 0 radical (unpaired) electrons. The highest BCUT2D eigenvalue weighted by atomic mass is 35.5. The van der Waals surface area contributed by atoms with E-state index in [-0.39, 0.29) is 46.3 Å². The van der Waals surface area contributed by atoms with Crippen LogP contribution in [0.3, 0.4) is 0 Å². The Morgan fingerprint density at radius 3 is 2.46 bits per heavy atom. The van der Waals surface area contributed by atoms with Gasteiger partial charge >= 0.3 is 6.09 Å². The minimum atomic E-state index is -1.04. The number of rotatable bonds is 9. The number of primary amides is 1. The van der Waals surface area contributed by atoms with E-state index in [0.29, 0.717) is 17.1 Å². The number of nitrogens with one attached hydrogen (secondary N) is 1. The van der Waals surface area contributed by atoms with Gasteiger partial charge in [0.05, 0.1) is 14.2 Å². The second-order valence-electron chi connectivity index (χ2n) is 9.37. The Balaban J connectivity index is 2.06. The lowest BCUT2D eigenvalue weighted by molar-refractivity contribution is 0.0635. The van der Waals surface area contributed by atoms with Gasteiger partial charge in [0.25, 0.3) is 5.91 Å². The lowest BCUT2D eigenvalue weighted by Gasteiger charge is -2.24. The fourth-order valence-corrected chi connectivity index (χ4v) is 3.87. The van der Waals surface area contributed by atoms with Crippen molar-refractivity contribution in [3.63, 3.8) is 0 Å². The summed E-state index contributed by atoms with van der Waals surface area (Å²) in [4.78, 5) is 29.4. The topological polar surface area (TPSA) is 126 Å². The molecule has 3 N–H and O–H groups in total. The summed E-state index contributed by atoms with van der Waals surface area (Å²) >= 11 is 6.09. The first-order valence-corrected chi connectivity index (χ1v) is 11.7. The summed E-state index contributed by atoms with van der Waals surface area (Å²) in [7, 11) is 2.98. The van der Waals surface area contributed by atoms with E-state index in [1.165, 1.54) is 32.4 Å². The van der Waals surface area contributed by atoms with E-state index in [9.17, 15) is 14.0 Å². The monoisotopic (exact) mass is 533 g/mol. The van der Waals surface area contributed by atoms with Crippen molar-refractivity contribution in [3.05, 3.63) is 64.3 Å². The van der Waals surface area contributed by atoms with Crippen molar-refractivity contribution < 1.29 is 32.6 Å². The molecule has 2 aromatic carbocycles. The molecule has 37 heavy (non-hydrogen) atoms. The van der Waals surface area contributed by atoms with Crippen LogP contribution < -0.4 is 20.5 Å². The highest BCUT2D eigenvalue weighted by molar-refractivity contribution is 6.31. The number of hydrogen-bond donors (Lipinski definition) is 2.